The first-order chi connectivity index (χ1) is 8.31. The lowest BCUT2D eigenvalue weighted by Crippen LogP contribution is -1.95. The van der Waals surface area contributed by atoms with Gasteiger partial charge in [0.05, 0.1) is 0 Å². The smallest absolute Gasteiger partial charge is 0.124 e. The molecule has 0 amide bonds. The lowest BCUT2D eigenvalue weighted by molar-refractivity contribution is -0.107. The van der Waals surface area contributed by atoms with E-state index < -0.39 is 6.10 Å². The van der Waals surface area contributed by atoms with Crippen LogP contribution in [0.15, 0.2) is 42.5 Å². The van der Waals surface area contributed by atoms with Gasteiger partial charge in [-0.25, -0.2) is 0 Å². The molecule has 0 aromatic heterocycles. The summed E-state index contributed by atoms with van der Waals surface area (Å²) in [6, 6.07) is 13.7. The van der Waals surface area contributed by atoms with Gasteiger partial charge in [-0.05, 0) is 27.8 Å². The Bertz CT molecular complexity index is 587. The molecule has 2 heteroatoms. The van der Waals surface area contributed by atoms with Gasteiger partial charge in [-0.1, -0.05) is 42.5 Å². The van der Waals surface area contributed by atoms with E-state index in [1.54, 1.807) is 0 Å². The molecule has 0 saturated heterocycles. The molecule has 1 atom stereocenters. The zero-order valence-electron chi connectivity index (χ0n) is 9.26. The molecule has 0 bridgehead atoms. The molecular formula is C15H12O2. The predicted molar refractivity (Wildman–Crippen MR) is 65.7 cm³/mol. The number of aliphatic hydroxyl groups excluding tert-OH is 1. The highest BCUT2D eigenvalue weighted by Gasteiger charge is 2.26. The Morgan fingerprint density at radius 1 is 1.06 bits per heavy atom. The van der Waals surface area contributed by atoms with Crippen molar-refractivity contribution in [2.24, 2.45) is 0 Å². The lowest BCUT2D eigenvalue weighted by Gasteiger charge is -2.06. The molecule has 1 aliphatic rings. The third-order valence-electron chi connectivity index (χ3n) is 3.28. The summed E-state index contributed by atoms with van der Waals surface area (Å²) < 4.78 is 0. The van der Waals surface area contributed by atoms with Crippen molar-refractivity contribution in [1.29, 1.82) is 0 Å². The zero-order valence-corrected chi connectivity index (χ0v) is 9.26. The van der Waals surface area contributed by atoms with Crippen LogP contribution in [-0.2, 0) is 11.2 Å². The van der Waals surface area contributed by atoms with Crippen molar-refractivity contribution in [1.82, 2.24) is 0 Å². The van der Waals surface area contributed by atoms with Gasteiger partial charge >= 0.3 is 0 Å². The number of hydrogen-bond donors (Lipinski definition) is 1. The number of fused-ring (bicyclic) bond motifs is 3. The molecule has 2 nitrogen and oxygen atoms in total. The first-order valence-corrected chi connectivity index (χ1v) is 5.65. The van der Waals surface area contributed by atoms with E-state index in [0.717, 1.165) is 34.1 Å². The van der Waals surface area contributed by atoms with E-state index in [-0.39, 0.29) is 0 Å². The van der Waals surface area contributed by atoms with Crippen molar-refractivity contribution in [2.75, 3.05) is 0 Å². The number of benzene rings is 2. The van der Waals surface area contributed by atoms with Crippen molar-refractivity contribution in [3.8, 4) is 11.1 Å². The molecule has 0 heterocycles. The van der Waals surface area contributed by atoms with E-state index in [0.29, 0.717) is 6.42 Å². The average molecular weight is 224 g/mol. The lowest BCUT2D eigenvalue weighted by atomic mass is 10.0. The quantitative estimate of drug-likeness (QED) is 0.796. The van der Waals surface area contributed by atoms with Crippen molar-refractivity contribution in [2.45, 2.75) is 12.5 Å². The molecule has 2 aromatic rings. The van der Waals surface area contributed by atoms with Crippen LogP contribution in [0.4, 0.5) is 0 Å². The number of hydrogen-bond acceptors (Lipinski definition) is 2. The van der Waals surface area contributed by atoms with Crippen LogP contribution in [0.25, 0.3) is 11.1 Å². The van der Waals surface area contributed by atoms with Gasteiger partial charge in [-0.15, -0.1) is 0 Å². The van der Waals surface area contributed by atoms with Gasteiger partial charge in [-0.3, -0.25) is 0 Å². The van der Waals surface area contributed by atoms with Crippen LogP contribution in [-0.4, -0.2) is 11.4 Å². The number of aldehydes is 1. The minimum atomic E-state index is -0.562. The monoisotopic (exact) mass is 224 g/mol. The molecule has 0 fully saturated rings. The van der Waals surface area contributed by atoms with E-state index in [9.17, 15) is 9.90 Å². The van der Waals surface area contributed by atoms with Gasteiger partial charge in [0.2, 0.25) is 0 Å². The predicted octanol–water partition coefficient (Wildman–Crippen LogP) is 2.49. The van der Waals surface area contributed by atoms with Gasteiger partial charge in [-0.2, -0.15) is 0 Å². The van der Waals surface area contributed by atoms with Gasteiger partial charge in [0.15, 0.2) is 0 Å². The van der Waals surface area contributed by atoms with Crippen LogP contribution in [0, 0.1) is 0 Å². The highest BCUT2D eigenvalue weighted by Crippen LogP contribution is 2.43. The van der Waals surface area contributed by atoms with E-state index in [1.165, 1.54) is 0 Å². The molecular weight excluding hydrogens is 212 g/mol. The Morgan fingerprint density at radius 3 is 2.65 bits per heavy atom. The number of carbonyl (C=O) groups excluding carboxylic acids is 1. The highest BCUT2D eigenvalue weighted by molar-refractivity contribution is 5.78. The second-order valence-corrected chi connectivity index (χ2v) is 4.28. The van der Waals surface area contributed by atoms with Crippen molar-refractivity contribution in [3.63, 3.8) is 0 Å². The molecule has 1 aliphatic carbocycles. The van der Waals surface area contributed by atoms with Crippen molar-refractivity contribution < 1.29 is 9.90 Å². The normalized spacial score (nSPS) is 16.4. The minimum absolute atomic E-state index is 0.399. The van der Waals surface area contributed by atoms with E-state index in [1.807, 2.05) is 42.5 Å². The maximum atomic E-state index is 10.5. The highest BCUT2D eigenvalue weighted by atomic mass is 16.3. The van der Waals surface area contributed by atoms with E-state index in [4.69, 9.17) is 0 Å². The Morgan fingerprint density at radius 2 is 1.82 bits per heavy atom. The molecule has 0 aliphatic heterocycles. The summed E-state index contributed by atoms with van der Waals surface area (Å²) in [6.45, 7) is 0. The van der Waals surface area contributed by atoms with Crippen molar-refractivity contribution >= 4 is 6.29 Å². The van der Waals surface area contributed by atoms with E-state index >= 15 is 0 Å². The van der Waals surface area contributed by atoms with Crippen LogP contribution >= 0.6 is 0 Å². The molecule has 84 valence electrons. The number of carbonyl (C=O) groups is 1. The van der Waals surface area contributed by atoms with Gasteiger partial charge in [0, 0.05) is 6.42 Å². The third-order valence-corrected chi connectivity index (χ3v) is 3.28. The van der Waals surface area contributed by atoms with Crippen molar-refractivity contribution in [3.05, 3.63) is 59.2 Å². The Balaban J connectivity index is 2.17. The van der Waals surface area contributed by atoms with Gasteiger partial charge in [0.1, 0.15) is 12.4 Å². The molecule has 2 aromatic carbocycles. The maximum Gasteiger partial charge on any atom is 0.124 e. The molecule has 1 unspecified atom stereocenters. The zero-order chi connectivity index (χ0) is 11.8. The summed E-state index contributed by atoms with van der Waals surface area (Å²) >= 11 is 0. The molecule has 1 N–H and O–H groups in total. The molecule has 0 radical (unpaired) electrons. The largest absolute Gasteiger partial charge is 0.384 e. The number of rotatable bonds is 2. The third kappa shape index (κ3) is 1.49. The fourth-order valence-electron chi connectivity index (χ4n) is 2.46. The van der Waals surface area contributed by atoms with Gasteiger partial charge in [0.25, 0.3) is 0 Å². The minimum Gasteiger partial charge on any atom is -0.384 e. The van der Waals surface area contributed by atoms with Gasteiger partial charge < -0.3 is 9.90 Å². The molecule has 3 rings (SSSR count). The molecule has 0 saturated carbocycles. The second-order valence-electron chi connectivity index (χ2n) is 4.28. The maximum absolute atomic E-state index is 10.5. The number of aliphatic hydroxyl groups is 1. The average Bonchev–Trinajstić information content (AvgIpc) is 2.65. The summed E-state index contributed by atoms with van der Waals surface area (Å²) in [5.41, 5.74) is 4.97. The first-order valence-electron chi connectivity index (χ1n) is 5.65. The second kappa shape index (κ2) is 3.82. The SMILES string of the molecule is O=CCc1ccc2c(c1)C(O)c1ccccc1-2. The Hall–Kier alpha value is -1.93. The summed E-state index contributed by atoms with van der Waals surface area (Å²) in [4.78, 5) is 10.5. The van der Waals surface area contributed by atoms with Crippen LogP contribution in [0.3, 0.4) is 0 Å². The molecule has 17 heavy (non-hydrogen) atoms. The summed E-state index contributed by atoms with van der Waals surface area (Å²) in [5, 5.41) is 10.2. The van der Waals surface area contributed by atoms with Crippen LogP contribution in [0.5, 0.6) is 0 Å². The van der Waals surface area contributed by atoms with Crippen LogP contribution in [0.1, 0.15) is 22.8 Å². The van der Waals surface area contributed by atoms with E-state index in [2.05, 4.69) is 0 Å². The summed E-state index contributed by atoms with van der Waals surface area (Å²) in [6.07, 6.45) is 0.722. The Labute approximate surface area is 99.5 Å². The summed E-state index contributed by atoms with van der Waals surface area (Å²) in [5.74, 6) is 0. The fourth-order valence-corrected chi connectivity index (χ4v) is 2.46. The fraction of sp³-hybridized carbons (Fsp3) is 0.133. The first kappa shape index (κ1) is 10.2. The van der Waals surface area contributed by atoms with Crippen LogP contribution in [0.2, 0.25) is 0 Å². The standard InChI is InChI=1S/C15H12O2/c16-8-7-10-5-6-12-11-3-1-2-4-13(11)15(17)14(12)9-10/h1-6,8-9,15,17H,7H2. The Kier molecular flexibility index (Phi) is 2.30. The topological polar surface area (TPSA) is 37.3 Å². The van der Waals surface area contributed by atoms with Crippen LogP contribution < -0.4 is 0 Å². The summed E-state index contributed by atoms with van der Waals surface area (Å²) in [7, 11) is 0. The molecule has 0 spiro atoms.